The Morgan fingerprint density at radius 3 is 2.52 bits per heavy atom. The van der Waals surface area contributed by atoms with Crippen molar-refractivity contribution >= 4 is 41.0 Å². The van der Waals surface area contributed by atoms with Gasteiger partial charge < -0.3 is 15.6 Å². The van der Waals surface area contributed by atoms with Crippen molar-refractivity contribution in [2.24, 2.45) is 4.99 Å². The first-order valence-electron chi connectivity index (χ1n) is 10.8. The zero-order chi connectivity index (χ0) is 21.2. The molecule has 7 heteroatoms. The van der Waals surface area contributed by atoms with Crippen molar-refractivity contribution in [3.05, 3.63) is 66.0 Å². The van der Waals surface area contributed by atoms with Gasteiger partial charge in [0, 0.05) is 39.1 Å². The normalized spacial score (nSPS) is 12.6. The van der Waals surface area contributed by atoms with Crippen LogP contribution in [0, 0.1) is 0 Å². The summed E-state index contributed by atoms with van der Waals surface area (Å²) in [5.41, 5.74) is 3.48. The van der Waals surface area contributed by atoms with Crippen LogP contribution in [-0.4, -0.2) is 54.1 Å². The van der Waals surface area contributed by atoms with Crippen LogP contribution in [0.3, 0.4) is 0 Å². The Hall–Kier alpha value is -2.13. The third-order valence-corrected chi connectivity index (χ3v) is 5.43. The molecule has 31 heavy (non-hydrogen) atoms. The summed E-state index contributed by atoms with van der Waals surface area (Å²) in [7, 11) is 4.00. The van der Waals surface area contributed by atoms with E-state index in [1.54, 1.807) is 0 Å². The molecule has 0 radical (unpaired) electrons. The first-order chi connectivity index (χ1) is 14.7. The molecule has 1 aromatic heterocycles. The van der Waals surface area contributed by atoms with Gasteiger partial charge in [-0.05, 0) is 44.5 Å². The zero-order valence-electron chi connectivity index (χ0n) is 18.8. The van der Waals surface area contributed by atoms with E-state index >= 15 is 0 Å². The van der Waals surface area contributed by atoms with Crippen LogP contribution in [-0.2, 0) is 13.0 Å². The number of aryl methyl sites for hydroxylation is 1. The fourth-order valence-corrected chi connectivity index (χ4v) is 3.45. The number of guanidine groups is 1. The maximum atomic E-state index is 4.63. The van der Waals surface area contributed by atoms with Gasteiger partial charge in [0.2, 0.25) is 0 Å². The van der Waals surface area contributed by atoms with E-state index in [-0.39, 0.29) is 24.0 Å². The van der Waals surface area contributed by atoms with Crippen LogP contribution in [0.5, 0.6) is 0 Å². The Bertz CT molecular complexity index is 891. The number of para-hydroxylation sites is 2. The minimum absolute atomic E-state index is 0. The van der Waals surface area contributed by atoms with Gasteiger partial charge in [-0.2, -0.15) is 0 Å². The summed E-state index contributed by atoms with van der Waals surface area (Å²) in [4.78, 5) is 14.7. The smallest absolute Gasteiger partial charge is 0.190 e. The number of halogens is 1. The Labute approximate surface area is 203 Å². The number of hydrogen-bond acceptors (Lipinski definition) is 3. The topological polar surface area (TPSA) is 68.3 Å². The van der Waals surface area contributed by atoms with E-state index in [0.29, 0.717) is 6.04 Å². The lowest BCUT2D eigenvalue weighted by Gasteiger charge is -2.25. The van der Waals surface area contributed by atoms with Gasteiger partial charge >= 0.3 is 0 Å². The highest BCUT2D eigenvalue weighted by Gasteiger charge is 2.10. The molecular weight excluding hydrogens is 499 g/mol. The van der Waals surface area contributed by atoms with Gasteiger partial charge in [0.1, 0.15) is 5.82 Å². The third kappa shape index (κ3) is 8.14. The van der Waals surface area contributed by atoms with Crippen LogP contribution in [0.25, 0.3) is 11.0 Å². The maximum Gasteiger partial charge on any atom is 0.190 e. The highest BCUT2D eigenvalue weighted by atomic mass is 127. The second-order valence-electron chi connectivity index (χ2n) is 7.77. The summed E-state index contributed by atoms with van der Waals surface area (Å²) in [5.74, 6) is 1.90. The lowest BCUT2D eigenvalue weighted by molar-refractivity contribution is 0.238. The lowest BCUT2D eigenvalue weighted by atomic mass is 10.1. The van der Waals surface area contributed by atoms with Crippen molar-refractivity contribution < 1.29 is 0 Å². The minimum atomic E-state index is 0. The molecule has 0 saturated heterocycles. The molecule has 1 unspecified atom stereocenters. The van der Waals surface area contributed by atoms with Gasteiger partial charge in [0.25, 0.3) is 0 Å². The Kier molecular flexibility index (Phi) is 10.8. The number of nitrogens with one attached hydrogen (secondary N) is 3. The molecule has 168 valence electrons. The number of H-pyrrole nitrogens is 1. The second kappa shape index (κ2) is 13.3. The molecule has 0 bridgehead atoms. The predicted molar refractivity (Wildman–Crippen MR) is 141 cm³/mol. The number of fused-ring (bicyclic) bond motifs is 1. The number of benzene rings is 2. The predicted octanol–water partition coefficient (Wildman–Crippen LogP) is 4.19. The number of aliphatic imine (C=N–C) groups is 1. The number of rotatable bonds is 10. The van der Waals surface area contributed by atoms with Crippen molar-refractivity contribution in [1.82, 2.24) is 25.5 Å². The molecule has 3 rings (SSSR count). The molecular formula is C24H35IN6. The monoisotopic (exact) mass is 534 g/mol. The van der Waals surface area contributed by atoms with Crippen LogP contribution in [0.2, 0.25) is 0 Å². The van der Waals surface area contributed by atoms with Crippen LogP contribution in [0.4, 0.5) is 0 Å². The van der Waals surface area contributed by atoms with Crippen molar-refractivity contribution in [2.45, 2.75) is 38.8 Å². The summed E-state index contributed by atoms with van der Waals surface area (Å²) in [6.07, 6.45) is 2.97. The van der Waals surface area contributed by atoms with Crippen molar-refractivity contribution in [2.75, 3.05) is 27.2 Å². The summed E-state index contributed by atoms with van der Waals surface area (Å²) < 4.78 is 0. The lowest BCUT2D eigenvalue weighted by Crippen LogP contribution is -2.40. The number of nitrogens with zero attached hydrogens (tertiary/aromatic N) is 3. The van der Waals surface area contributed by atoms with Crippen LogP contribution >= 0.6 is 24.0 Å². The summed E-state index contributed by atoms with van der Waals surface area (Å²) in [6, 6.07) is 19.3. The molecule has 0 saturated carbocycles. The molecule has 1 atom stereocenters. The van der Waals surface area contributed by atoms with E-state index in [0.717, 1.165) is 61.7 Å². The molecule has 3 aromatic rings. The van der Waals surface area contributed by atoms with E-state index in [9.17, 15) is 0 Å². The highest BCUT2D eigenvalue weighted by molar-refractivity contribution is 14.0. The molecule has 0 spiro atoms. The molecule has 0 aliphatic carbocycles. The number of imidazole rings is 1. The van der Waals surface area contributed by atoms with E-state index in [2.05, 4.69) is 80.9 Å². The average molecular weight is 534 g/mol. The molecule has 0 aliphatic heterocycles. The standard InChI is InChI=1S/C24H34N6.HI/c1-19(30(3)18-20-10-5-4-6-11-20)15-17-27-24(25-2)26-16-9-14-23-28-21-12-7-8-13-22(21)29-23;/h4-8,10-13,19H,9,14-18H2,1-3H3,(H,28,29)(H2,25,26,27);1H. The van der Waals surface area contributed by atoms with Gasteiger partial charge in [-0.1, -0.05) is 42.5 Å². The van der Waals surface area contributed by atoms with Gasteiger partial charge in [0.05, 0.1) is 11.0 Å². The highest BCUT2D eigenvalue weighted by Crippen LogP contribution is 2.11. The Morgan fingerprint density at radius 2 is 1.77 bits per heavy atom. The molecule has 0 amide bonds. The van der Waals surface area contributed by atoms with E-state index < -0.39 is 0 Å². The minimum Gasteiger partial charge on any atom is -0.356 e. The Balaban J connectivity index is 0.00000341. The molecule has 6 nitrogen and oxygen atoms in total. The molecule has 2 aromatic carbocycles. The molecule has 1 heterocycles. The van der Waals surface area contributed by atoms with Crippen molar-refractivity contribution in [1.29, 1.82) is 0 Å². The van der Waals surface area contributed by atoms with E-state index in [4.69, 9.17) is 0 Å². The van der Waals surface area contributed by atoms with Gasteiger partial charge in [-0.15, -0.1) is 24.0 Å². The zero-order valence-corrected chi connectivity index (χ0v) is 21.1. The first-order valence-corrected chi connectivity index (χ1v) is 10.8. The average Bonchev–Trinajstić information content (AvgIpc) is 3.18. The van der Waals surface area contributed by atoms with E-state index in [1.807, 2.05) is 25.2 Å². The third-order valence-electron chi connectivity index (χ3n) is 5.43. The van der Waals surface area contributed by atoms with E-state index in [1.165, 1.54) is 5.56 Å². The van der Waals surface area contributed by atoms with Gasteiger partial charge in [0.15, 0.2) is 5.96 Å². The van der Waals surface area contributed by atoms with Crippen LogP contribution < -0.4 is 10.6 Å². The van der Waals surface area contributed by atoms with Crippen LogP contribution in [0.15, 0.2) is 59.6 Å². The summed E-state index contributed by atoms with van der Waals surface area (Å²) >= 11 is 0. The molecule has 0 aliphatic rings. The largest absolute Gasteiger partial charge is 0.356 e. The summed E-state index contributed by atoms with van der Waals surface area (Å²) in [6.45, 7) is 4.99. The van der Waals surface area contributed by atoms with Crippen molar-refractivity contribution in [3.63, 3.8) is 0 Å². The number of aromatic amines is 1. The van der Waals surface area contributed by atoms with Crippen LogP contribution in [0.1, 0.15) is 31.2 Å². The number of hydrogen-bond donors (Lipinski definition) is 3. The quantitative estimate of drug-likeness (QED) is 0.158. The fourth-order valence-electron chi connectivity index (χ4n) is 3.45. The number of aromatic nitrogens is 2. The first kappa shape index (κ1) is 25.1. The molecule has 3 N–H and O–H groups in total. The van der Waals surface area contributed by atoms with Gasteiger partial charge in [-0.3, -0.25) is 9.89 Å². The second-order valence-corrected chi connectivity index (χ2v) is 7.77. The van der Waals surface area contributed by atoms with Gasteiger partial charge in [-0.25, -0.2) is 4.98 Å². The Morgan fingerprint density at radius 1 is 1.06 bits per heavy atom. The maximum absolute atomic E-state index is 4.63. The fraction of sp³-hybridized carbons (Fsp3) is 0.417. The van der Waals surface area contributed by atoms with Crippen molar-refractivity contribution in [3.8, 4) is 0 Å². The summed E-state index contributed by atoms with van der Waals surface area (Å²) in [5, 5.41) is 6.83. The SMILES string of the molecule is CN=C(NCCCc1nc2ccccc2[nH]1)NCCC(C)N(C)Cc1ccccc1.I. The molecule has 0 fully saturated rings.